The summed E-state index contributed by atoms with van der Waals surface area (Å²) >= 11 is 1.63. The molecule has 1 fully saturated rings. The third-order valence-corrected chi connectivity index (χ3v) is 5.21. The van der Waals surface area contributed by atoms with E-state index < -0.39 is 0 Å². The number of H-pyrrole nitrogens is 1. The molecule has 0 spiro atoms. The molecule has 128 valence electrons. The summed E-state index contributed by atoms with van der Waals surface area (Å²) in [6.07, 6.45) is 4.06. The minimum absolute atomic E-state index is 0.00509. The first-order valence-electron chi connectivity index (χ1n) is 8.26. The summed E-state index contributed by atoms with van der Waals surface area (Å²) in [6, 6.07) is 5.49. The number of thioether (sulfide) groups is 1. The van der Waals surface area contributed by atoms with Gasteiger partial charge < -0.3 is 10.2 Å². The maximum atomic E-state index is 12.6. The number of fused-ring (bicyclic) bond motifs is 1. The molecule has 0 saturated carbocycles. The summed E-state index contributed by atoms with van der Waals surface area (Å²) in [7, 11) is 0. The summed E-state index contributed by atoms with van der Waals surface area (Å²) in [6.45, 7) is 2.76. The van der Waals surface area contributed by atoms with Gasteiger partial charge in [-0.15, -0.1) is 11.8 Å². The van der Waals surface area contributed by atoms with Gasteiger partial charge in [-0.3, -0.25) is 14.7 Å². The molecule has 0 radical (unpaired) electrons. The zero-order valence-corrected chi connectivity index (χ0v) is 14.6. The van der Waals surface area contributed by atoms with Crippen LogP contribution in [0, 0.1) is 0 Å². The van der Waals surface area contributed by atoms with Crippen LogP contribution in [0.4, 0.5) is 0 Å². The van der Waals surface area contributed by atoms with Gasteiger partial charge in [0.25, 0.3) is 0 Å². The second-order valence-corrected chi connectivity index (χ2v) is 6.99. The number of amides is 2. The molecule has 7 heteroatoms. The van der Waals surface area contributed by atoms with Crippen molar-refractivity contribution < 1.29 is 9.59 Å². The third-order valence-electron chi connectivity index (χ3n) is 4.20. The van der Waals surface area contributed by atoms with Crippen molar-refractivity contribution in [2.24, 2.45) is 0 Å². The maximum Gasteiger partial charge on any atom is 0.243 e. The van der Waals surface area contributed by atoms with E-state index in [1.54, 1.807) is 22.9 Å². The first kappa shape index (κ1) is 16.8. The van der Waals surface area contributed by atoms with Crippen molar-refractivity contribution in [3.05, 3.63) is 30.0 Å². The predicted octanol–water partition coefficient (Wildman–Crippen LogP) is 1.92. The summed E-state index contributed by atoms with van der Waals surface area (Å²) < 4.78 is 0. The number of nitrogens with one attached hydrogen (secondary N) is 2. The normalized spacial score (nSPS) is 17.4. The SMILES string of the molecule is CCCCNC(=O)[C@H]1CSCN1C(=O)Cc1ccc2cn[nH]c2c1. The van der Waals surface area contributed by atoms with Crippen LogP contribution in [-0.2, 0) is 16.0 Å². The van der Waals surface area contributed by atoms with Gasteiger partial charge in [0.15, 0.2) is 0 Å². The summed E-state index contributed by atoms with van der Waals surface area (Å²) in [5, 5.41) is 10.9. The standard InChI is InChI=1S/C17H22N4O2S/c1-2-3-6-18-17(23)15-10-24-11-21(15)16(22)8-12-4-5-13-9-19-20-14(13)7-12/h4-5,7,9,15H,2-3,6,8,10-11H2,1H3,(H,18,23)(H,19,20)/t15-/m1/s1. The maximum absolute atomic E-state index is 12.6. The summed E-state index contributed by atoms with van der Waals surface area (Å²) in [5.41, 5.74) is 1.85. The minimum Gasteiger partial charge on any atom is -0.354 e. The van der Waals surface area contributed by atoms with Crippen LogP contribution in [0.2, 0.25) is 0 Å². The van der Waals surface area contributed by atoms with Crippen LogP contribution < -0.4 is 5.32 Å². The molecular weight excluding hydrogens is 324 g/mol. The number of nitrogens with zero attached hydrogens (tertiary/aromatic N) is 2. The van der Waals surface area contributed by atoms with E-state index in [2.05, 4.69) is 22.4 Å². The highest BCUT2D eigenvalue weighted by Crippen LogP contribution is 2.23. The first-order chi connectivity index (χ1) is 11.7. The fraction of sp³-hybridized carbons (Fsp3) is 0.471. The highest BCUT2D eigenvalue weighted by Gasteiger charge is 2.34. The molecule has 0 aliphatic carbocycles. The van der Waals surface area contributed by atoms with E-state index in [0.29, 0.717) is 24.6 Å². The molecule has 1 aliphatic rings. The molecule has 6 nitrogen and oxygen atoms in total. The fourth-order valence-electron chi connectivity index (χ4n) is 2.78. The number of hydrogen-bond acceptors (Lipinski definition) is 4. The van der Waals surface area contributed by atoms with Crippen molar-refractivity contribution in [2.75, 3.05) is 18.2 Å². The number of aromatic amines is 1. The molecule has 3 rings (SSSR count). The van der Waals surface area contributed by atoms with Crippen molar-refractivity contribution in [2.45, 2.75) is 32.2 Å². The predicted molar refractivity (Wildman–Crippen MR) is 95.7 cm³/mol. The molecule has 0 unspecified atom stereocenters. The Kier molecular flexibility index (Phi) is 5.40. The van der Waals surface area contributed by atoms with E-state index in [0.717, 1.165) is 29.3 Å². The lowest BCUT2D eigenvalue weighted by Crippen LogP contribution is -2.47. The molecule has 24 heavy (non-hydrogen) atoms. The van der Waals surface area contributed by atoms with Gasteiger partial charge in [0.2, 0.25) is 11.8 Å². The summed E-state index contributed by atoms with van der Waals surface area (Å²) in [5.74, 6) is 1.21. The molecule has 2 heterocycles. The van der Waals surface area contributed by atoms with Crippen LogP contribution in [0.3, 0.4) is 0 Å². The Bertz CT molecular complexity index is 730. The Morgan fingerprint density at radius 1 is 1.46 bits per heavy atom. The van der Waals surface area contributed by atoms with Crippen molar-refractivity contribution in [3.8, 4) is 0 Å². The van der Waals surface area contributed by atoms with Gasteiger partial charge in [-0.2, -0.15) is 5.10 Å². The Morgan fingerprint density at radius 2 is 2.33 bits per heavy atom. The molecule has 1 saturated heterocycles. The smallest absolute Gasteiger partial charge is 0.243 e. The molecule has 2 amide bonds. The van der Waals surface area contributed by atoms with E-state index in [4.69, 9.17) is 0 Å². The van der Waals surface area contributed by atoms with Crippen LogP contribution in [0.1, 0.15) is 25.3 Å². The van der Waals surface area contributed by atoms with Crippen molar-refractivity contribution >= 4 is 34.5 Å². The zero-order chi connectivity index (χ0) is 16.9. The molecule has 1 aliphatic heterocycles. The van der Waals surface area contributed by atoms with E-state index >= 15 is 0 Å². The monoisotopic (exact) mass is 346 g/mol. The van der Waals surface area contributed by atoms with E-state index in [1.807, 2.05) is 18.2 Å². The number of carbonyl (C=O) groups is 2. The van der Waals surface area contributed by atoms with Gasteiger partial charge in [0.1, 0.15) is 6.04 Å². The zero-order valence-electron chi connectivity index (χ0n) is 13.7. The molecule has 1 aromatic heterocycles. The second kappa shape index (κ2) is 7.70. The highest BCUT2D eigenvalue weighted by molar-refractivity contribution is 7.99. The van der Waals surface area contributed by atoms with E-state index in [9.17, 15) is 9.59 Å². The number of unbranched alkanes of at least 4 members (excludes halogenated alkanes) is 1. The second-order valence-electron chi connectivity index (χ2n) is 5.99. The van der Waals surface area contributed by atoms with E-state index in [-0.39, 0.29) is 17.9 Å². The van der Waals surface area contributed by atoms with Gasteiger partial charge in [0, 0.05) is 17.7 Å². The Morgan fingerprint density at radius 3 is 3.17 bits per heavy atom. The van der Waals surface area contributed by atoms with Crippen LogP contribution >= 0.6 is 11.8 Å². The lowest BCUT2D eigenvalue weighted by molar-refractivity contribution is -0.137. The van der Waals surface area contributed by atoms with Crippen LogP contribution in [0.25, 0.3) is 10.9 Å². The average Bonchev–Trinajstić information content (AvgIpc) is 3.23. The van der Waals surface area contributed by atoms with Gasteiger partial charge in [-0.25, -0.2) is 0 Å². The molecule has 0 bridgehead atoms. The largest absolute Gasteiger partial charge is 0.354 e. The van der Waals surface area contributed by atoms with Crippen molar-refractivity contribution in [1.82, 2.24) is 20.4 Å². The molecule has 1 aromatic carbocycles. The Balaban J connectivity index is 1.63. The van der Waals surface area contributed by atoms with Gasteiger partial charge in [-0.05, 0) is 18.1 Å². The molecule has 1 atom stereocenters. The van der Waals surface area contributed by atoms with Crippen LogP contribution in [-0.4, -0.2) is 51.1 Å². The topological polar surface area (TPSA) is 78.1 Å². The highest BCUT2D eigenvalue weighted by atomic mass is 32.2. The van der Waals surface area contributed by atoms with Crippen molar-refractivity contribution in [3.63, 3.8) is 0 Å². The van der Waals surface area contributed by atoms with Crippen LogP contribution in [0.15, 0.2) is 24.4 Å². The minimum atomic E-state index is -0.352. The number of rotatable bonds is 6. The van der Waals surface area contributed by atoms with Crippen molar-refractivity contribution in [1.29, 1.82) is 0 Å². The number of carbonyl (C=O) groups excluding carboxylic acids is 2. The van der Waals surface area contributed by atoms with Gasteiger partial charge in [0.05, 0.1) is 24.0 Å². The average molecular weight is 346 g/mol. The molecule has 2 aromatic rings. The Hall–Kier alpha value is -2.02. The van der Waals surface area contributed by atoms with Gasteiger partial charge in [-0.1, -0.05) is 25.5 Å². The van der Waals surface area contributed by atoms with Crippen LogP contribution in [0.5, 0.6) is 0 Å². The van der Waals surface area contributed by atoms with E-state index in [1.165, 1.54) is 0 Å². The summed E-state index contributed by atoms with van der Waals surface area (Å²) in [4.78, 5) is 26.6. The Labute approximate surface area is 145 Å². The first-order valence-corrected chi connectivity index (χ1v) is 9.41. The number of benzene rings is 1. The lowest BCUT2D eigenvalue weighted by atomic mass is 10.1. The number of aromatic nitrogens is 2. The quantitative estimate of drug-likeness (QED) is 0.784. The molecule has 2 N–H and O–H groups in total. The number of hydrogen-bond donors (Lipinski definition) is 2. The third kappa shape index (κ3) is 3.72. The van der Waals surface area contributed by atoms with Gasteiger partial charge >= 0.3 is 0 Å². The fourth-order valence-corrected chi connectivity index (χ4v) is 3.96. The lowest BCUT2D eigenvalue weighted by Gasteiger charge is -2.23. The molecular formula is C17H22N4O2S.